The van der Waals surface area contributed by atoms with Crippen molar-refractivity contribution in [3.63, 3.8) is 0 Å². The van der Waals surface area contributed by atoms with Crippen LogP contribution in [0.15, 0.2) is 60.8 Å². The number of aromatic nitrogens is 1. The average Bonchev–Trinajstić information content (AvgIpc) is 2.71. The second-order valence-electron chi connectivity index (χ2n) is 7.09. The van der Waals surface area contributed by atoms with Gasteiger partial charge in [0.15, 0.2) is 0 Å². The van der Waals surface area contributed by atoms with E-state index in [1.165, 1.54) is 0 Å². The zero-order valence-corrected chi connectivity index (χ0v) is 16.0. The molecule has 0 saturated heterocycles. The molecule has 0 unspecified atom stereocenters. The van der Waals surface area contributed by atoms with Crippen LogP contribution in [0.25, 0.3) is 10.9 Å². The molecule has 0 N–H and O–H groups in total. The van der Waals surface area contributed by atoms with Crippen molar-refractivity contribution in [3.05, 3.63) is 71.9 Å². The van der Waals surface area contributed by atoms with Gasteiger partial charge in [-0.25, -0.2) is 4.79 Å². The van der Waals surface area contributed by atoms with Gasteiger partial charge in [0.25, 0.3) is 0 Å². The van der Waals surface area contributed by atoms with E-state index < -0.39 is 0 Å². The molecule has 0 atom stereocenters. The van der Waals surface area contributed by atoms with Crippen molar-refractivity contribution in [1.82, 2.24) is 14.8 Å². The van der Waals surface area contributed by atoms with E-state index in [1.54, 1.807) is 35.0 Å². The van der Waals surface area contributed by atoms with Crippen molar-refractivity contribution in [2.75, 3.05) is 25.5 Å². The fourth-order valence-corrected chi connectivity index (χ4v) is 3.60. The van der Waals surface area contributed by atoms with Gasteiger partial charge in [-0.2, -0.15) is 0 Å². The predicted molar refractivity (Wildman–Crippen MR) is 109 cm³/mol. The van der Waals surface area contributed by atoms with Crippen molar-refractivity contribution < 1.29 is 9.59 Å². The lowest BCUT2D eigenvalue weighted by molar-refractivity contribution is -0.128. The first-order chi connectivity index (χ1) is 13.5. The molecule has 3 amide bonds. The number of carbonyl (C=O) groups is 2. The molecule has 142 valence electrons. The number of urea groups is 1. The minimum Gasteiger partial charge on any atom is -0.340 e. The Hall–Kier alpha value is -3.41. The molecule has 1 aliphatic heterocycles. The number of pyridine rings is 1. The first-order valence-corrected chi connectivity index (χ1v) is 9.21. The Balaban J connectivity index is 1.54. The third kappa shape index (κ3) is 3.29. The van der Waals surface area contributed by atoms with Gasteiger partial charge in [-0.05, 0) is 29.3 Å². The van der Waals surface area contributed by atoms with Crippen LogP contribution in [0.5, 0.6) is 0 Å². The third-order valence-electron chi connectivity index (χ3n) is 5.11. The summed E-state index contributed by atoms with van der Waals surface area (Å²) in [6.07, 6.45) is 1.76. The van der Waals surface area contributed by atoms with Crippen molar-refractivity contribution in [2.45, 2.75) is 13.1 Å². The lowest BCUT2D eigenvalue weighted by Crippen LogP contribution is -2.49. The average molecular weight is 374 g/mol. The predicted octanol–water partition coefficient (Wildman–Crippen LogP) is 3.27. The summed E-state index contributed by atoms with van der Waals surface area (Å²) in [4.78, 5) is 34.8. The highest BCUT2D eigenvalue weighted by atomic mass is 16.2. The van der Waals surface area contributed by atoms with Crippen LogP contribution in [-0.4, -0.2) is 47.4 Å². The molecule has 0 saturated carbocycles. The van der Waals surface area contributed by atoms with Crippen LogP contribution in [0.3, 0.4) is 0 Å². The number of para-hydroxylation sites is 1. The molecule has 1 aromatic heterocycles. The smallest absolute Gasteiger partial charge is 0.325 e. The topological polar surface area (TPSA) is 56.8 Å². The number of likely N-dealkylation sites (N-methyl/N-ethyl adjacent to an activating group) is 1. The first kappa shape index (κ1) is 18.0. The largest absolute Gasteiger partial charge is 0.340 e. The Morgan fingerprint density at radius 1 is 1.11 bits per heavy atom. The number of benzene rings is 2. The number of anilines is 1. The van der Waals surface area contributed by atoms with Gasteiger partial charge in [0.05, 0.1) is 11.2 Å². The number of carbonyl (C=O) groups excluding carboxylic acids is 2. The molecule has 0 bridgehead atoms. The van der Waals surface area contributed by atoms with E-state index in [2.05, 4.69) is 4.98 Å². The van der Waals surface area contributed by atoms with Crippen LogP contribution in [-0.2, 0) is 17.9 Å². The zero-order valence-electron chi connectivity index (χ0n) is 16.0. The molecular formula is C22H22N4O2. The summed E-state index contributed by atoms with van der Waals surface area (Å²) >= 11 is 0. The van der Waals surface area contributed by atoms with E-state index in [0.29, 0.717) is 13.1 Å². The third-order valence-corrected chi connectivity index (χ3v) is 5.11. The molecule has 0 fully saturated rings. The normalized spacial score (nSPS) is 13.6. The highest BCUT2D eigenvalue weighted by Gasteiger charge is 2.30. The van der Waals surface area contributed by atoms with E-state index in [1.807, 2.05) is 54.6 Å². The fraction of sp³-hybridized carbons (Fsp3) is 0.227. The quantitative estimate of drug-likeness (QED) is 0.704. The maximum absolute atomic E-state index is 12.9. The molecule has 2 aromatic carbocycles. The molecule has 2 heterocycles. The first-order valence-electron chi connectivity index (χ1n) is 9.21. The molecule has 4 rings (SSSR count). The fourth-order valence-electron chi connectivity index (χ4n) is 3.60. The number of rotatable bonds is 4. The van der Waals surface area contributed by atoms with Crippen molar-refractivity contribution in [2.24, 2.45) is 0 Å². The molecule has 6 nitrogen and oxygen atoms in total. The van der Waals surface area contributed by atoms with Gasteiger partial charge in [-0.3, -0.25) is 14.7 Å². The molecule has 6 heteroatoms. The Kier molecular flexibility index (Phi) is 4.69. The number of hydrogen-bond donors (Lipinski definition) is 0. The summed E-state index contributed by atoms with van der Waals surface area (Å²) in [5.74, 6) is -0.112. The molecule has 0 aliphatic carbocycles. The summed E-state index contributed by atoms with van der Waals surface area (Å²) in [5, 5.41) is 1.03. The van der Waals surface area contributed by atoms with Crippen LogP contribution in [0, 0.1) is 0 Å². The maximum Gasteiger partial charge on any atom is 0.325 e. The van der Waals surface area contributed by atoms with Crippen molar-refractivity contribution in [1.29, 1.82) is 0 Å². The van der Waals surface area contributed by atoms with Crippen LogP contribution in [0.4, 0.5) is 10.5 Å². The van der Waals surface area contributed by atoms with Crippen molar-refractivity contribution >= 4 is 28.5 Å². The monoisotopic (exact) mass is 374 g/mol. The summed E-state index contributed by atoms with van der Waals surface area (Å²) in [7, 11) is 3.52. The molecule has 3 aromatic rings. The Morgan fingerprint density at radius 3 is 2.79 bits per heavy atom. The number of amides is 3. The SMILES string of the molecule is CN(Cc1cccc2ncccc12)C(=O)CN1C(=O)N(C)Cc2ccccc21. The zero-order chi connectivity index (χ0) is 19.7. The Bertz CT molecular complexity index is 1040. The van der Waals surface area contributed by atoms with E-state index in [4.69, 9.17) is 0 Å². The summed E-state index contributed by atoms with van der Waals surface area (Å²) in [5.41, 5.74) is 3.79. The minimum absolute atomic E-state index is 0.0136. The van der Waals surface area contributed by atoms with Crippen molar-refractivity contribution in [3.8, 4) is 0 Å². The lowest BCUT2D eigenvalue weighted by Gasteiger charge is -2.35. The number of fused-ring (bicyclic) bond motifs is 2. The van der Waals surface area contributed by atoms with Gasteiger partial charge in [-0.15, -0.1) is 0 Å². The van der Waals surface area contributed by atoms with E-state index in [-0.39, 0.29) is 18.5 Å². The van der Waals surface area contributed by atoms with Crippen LogP contribution in [0.1, 0.15) is 11.1 Å². The maximum atomic E-state index is 12.9. The standard InChI is InChI=1S/C22H22N4O2/c1-24(13-16-8-5-10-19-18(16)9-6-12-23-19)21(27)15-26-20-11-4-3-7-17(20)14-25(2)22(26)28/h3-12H,13-15H2,1-2H3. The van der Waals surface area contributed by atoms with Gasteiger partial charge in [-0.1, -0.05) is 36.4 Å². The van der Waals surface area contributed by atoms with Gasteiger partial charge in [0, 0.05) is 38.8 Å². The summed E-state index contributed by atoms with van der Waals surface area (Å²) in [6, 6.07) is 17.4. The number of nitrogens with zero attached hydrogens (tertiary/aromatic N) is 4. The Morgan fingerprint density at radius 2 is 1.93 bits per heavy atom. The van der Waals surface area contributed by atoms with Crippen LogP contribution in [0.2, 0.25) is 0 Å². The van der Waals surface area contributed by atoms with Gasteiger partial charge in [0.1, 0.15) is 6.54 Å². The molecule has 0 radical (unpaired) electrons. The molecule has 28 heavy (non-hydrogen) atoms. The van der Waals surface area contributed by atoms with Crippen LogP contribution < -0.4 is 4.90 Å². The second-order valence-corrected chi connectivity index (χ2v) is 7.09. The van der Waals surface area contributed by atoms with Gasteiger partial charge < -0.3 is 9.80 Å². The highest BCUT2D eigenvalue weighted by Crippen LogP contribution is 2.27. The van der Waals surface area contributed by atoms with E-state index in [0.717, 1.165) is 27.7 Å². The lowest BCUT2D eigenvalue weighted by atomic mass is 10.1. The minimum atomic E-state index is -0.158. The van der Waals surface area contributed by atoms with Gasteiger partial charge >= 0.3 is 6.03 Å². The second kappa shape index (κ2) is 7.31. The molecular weight excluding hydrogens is 352 g/mol. The summed E-state index contributed by atoms with van der Waals surface area (Å²) in [6.45, 7) is 1.03. The Labute approximate surface area is 164 Å². The van der Waals surface area contributed by atoms with E-state index in [9.17, 15) is 9.59 Å². The molecule has 0 spiro atoms. The molecule has 1 aliphatic rings. The summed E-state index contributed by atoms with van der Waals surface area (Å²) < 4.78 is 0. The number of hydrogen-bond acceptors (Lipinski definition) is 3. The van der Waals surface area contributed by atoms with E-state index >= 15 is 0 Å². The van der Waals surface area contributed by atoms with Gasteiger partial charge in [0.2, 0.25) is 5.91 Å². The highest BCUT2D eigenvalue weighted by molar-refractivity contribution is 5.99. The van der Waals surface area contributed by atoms with Crippen LogP contribution >= 0.6 is 0 Å².